The molecule has 1 N–H and O–H groups in total. The Labute approximate surface area is 233 Å². The number of hydrogen-bond acceptors (Lipinski definition) is 4. The van der Waals surface area contributed by atoms with Gasteiger partial charge in [-0.15, -0.1) is 0 Å². The van der Waals surface area contributed by atoms with Crippen LogP contribution in [0.25, 0.3) is 0 Å². The van der Waals surface area contributed by atoms with Gasteiger partial charge < -0.3 is 10.0 Å². The van der Waals surface area contributed by atoms with Crippen molar-refractivity contribution >= 4 is 11.7 Å². The summed E-state index contributed by atoms with van der Waals surface area (Å²) in [4.78, 5) is 22.9. The number of aliphatic imine (C=N–C) groups is 1. The normalized spacial score (nSPS) is 18.8. The number of benzene rings is 3. The topological polar surface area (TPSA) is 56.1 Å². The first-order chi connectivity index (χ1) is 19.2. The standard InChI is InChI=1S/C32H34F3N3O2/c1-21(2)30-36-32(24-6-10-26(33)11-7-24,25-8-12-27(34)13-9-25)31(40)38(30)20-29(39)19-37-16-14-22(15-17-37)23-4-3-5-28(35)18-23/h3-13,18,21-22,29,39H,14-17,19-20H2,1-2H3. The zero-order chi connectivity index (χ0) is 28.4. The summed E-state index contributed by atoms with van der Waals surface area (Å²) in [6.07, 6.45) is 0.877. The average molecular weight is 550 g/mol. The lowest BCUT2D eigenvalue weighted by atomic mass is 9.82. The van der Waals surface area contributed by atoms with Gasteiger partial charge >= 0.3 is 0 Å². The second-order valence-corrected chi connectivity index (χ2v) is 11.0. The molecule has 1 saturated heterocycles. The van der Waals surface area contributed by atoms with Crippen molar-refractivity contribution in [2.24, 2.45) is 10.9 Å². The van der Waals surface area contributed by atoms with Gasteiger partial charge in [0.1, 0.15) is 23.3 Å². The summed E-state index contributed by atoms with van der Waals surface area (Å²) in [7, 11) is 0. The SMILES string of the molecule is CC(C)C1=NC(c2ccc(F)cc2)(c2ccc(F)cc2)C(=O)N1CC(O)CN1CCC(c2cccc(F)c2)CC1. The summed E-state index contributed by atoms with van der Waals surface area (Å²) in [6, 6.07) is 18.0. The summed E-state index contributed by atoms with van der Waals surface area (Å²) in [5.41, 5.74) is 0.433. The number of likely N-dealkylation sites (tertiary alicyclic amines) is 1. The van der Waals surface area contributed by atoms with E-state index in [1.165, 1.54) is 59.5 Å². The molecular weight excluding hydrogens is 515 g/mol. The van der Waals surface area contributed by atoms with E-state index in [9.17, 15) is 23.1 Å². The first-order valence-electron chi connectivity index (χ1n) is 13.8. The van der Waals surface area contributed by atoms with Crippen molar-refractivity contribution in [3.63, 3.8) is 0 Å². The number of aliphatic hydroxyl groups excluding tert-OH is 1. The smallest absolute Gasteiger partial charge is 0.265 e. The molecule has 1 fully saturated rings. The Hall–Kier alpha value is -3.49. The van der Waals surface area contributed by atoms with Gasteiger partial charge in [0.15, 0.2) is 5.54 Å². The van der Waals surface area contributed by atoms with Crippen molar-refractivity contribution in [2.75, 3.05) is 26.2 Å². The molecule has 2 aliphatic heterocycles. The molecule has 0 aliphatic carbocycles. The Bertz CT molecular complexity index is 1320. The number of β-amino-alcohol motifs (C(OH)–C–C–N with tert-alkyl or cyclic N) is 1. The summed E-state index contributed by atoms with van der Waals surface area (Å²) in [5, 5.41) is 11.1. The minimum Gasteiger partial charge on any atom is -0.390 e. The number of rotatable bonds is 8. The largest absolute Gasteiger partial charge is 0.390 e. The van der Waals surface area contributed by atoms with E-state index >= 15 is 0 Å². The lowest BCUT2D eigenvalue weighted by Crippen LogP contribution is -2.48. The van der Waals surface area contributed by atoms with Crippen LogP contribution in [0.4, 0.5) is 13.2 Å². The van der Waals surface area contributed by atoms with E-state index in [1.54, 1.807) is 12.1 Å². The summed E-state index contributed by atoms with van der Waals surface area (Å²) in [6.45, 7) is 5.79. The third-order valence-electron chi connectivity index (χ3n) is 7.92. The molecule has 0 saturated carbocycles. The van der Waals surface area contributed by atoms with E-state index in [4.69, 9.17) is 4.99 Å². The van der Waals surface area contributed by atoms with Crippen molar-refractivity contribution in [1.82, 2.24) is 9.80 Å². The summed E-state index contributed by atoms with van der Waals surface area (Å²) >= 11 is 0. The number of halogens is 3. The zero-order valence-electron chi connectivity index (χ0n) is 22.7. The molecule has 0 bridgehead atoms. The van der Waals surface area contributed by atoms with Crippen LogP contribution in [0.5, 0.6) is 0 Å². The fourth-order valence-corrected chi connectivity index (χ4v) is 5.90. The highest BCUT2D eigenvalue weighted by molar-refractivity contribution is 6.11. The number of amides is 1. The van der Waals surface area contributed by atoms with Crippen LogP contribution in [0.1, 0.15) is 49.3 Å². The van der Waals surface area contributed by atoms with Gasteiger partial charge in [0, 0.05) is 12.5 Å². The number of amidine groups is 1. The van der Waals surface area contributed by atoms with Crippen LogP contribution in [0.3, 0.4) is 0 Å². The maximum atomic E-state index is 14.2. The molecule has 40 heavy (non-hydrogen) atoms. The van der Waals surface area contributed by atoms with Crippen LogP contribution in [0.2, 0.25) is 0 Å². The van der Waals surface area contributed by atoms with Crippen LogP contribution in [-0.4, -0.2) is 58.9 Å². The predicted molar refractivity (Wildman–Crippen MR) is 148 cm³/mol. The van der Waals surface area contributed by atoms with E-state index < -0.39 is 23.3 Å². The van der Waals surface area contributed by atoms with Gasteiger partial charge in [-0.1, -0.05) is 50.2 Å². The van der Waals surface area contributed by atoms with E-state index in [1.807, 2.05) is 19.9 Å². The quantitative estimate of drug-likeness (QED) is 0.405. The Morgan fingerprint density at radius 2 is 1.45 bits per heavy atom. The molecular formula is C32H34F3N3O2. The molecule has 3 aromatic carbocycles. The molecule has 0 spiro atoms. The first kappa shape index (κ1) is 28.1. The third-order valence-corrected chi connectivity index (χ3v) is 7.92. The van der Waals surface area contributed by atoms with Gasteiger partial charge in [0.25, 0.3) is 5.91 Å². The van der Waals surface area contributed by atoms with Gasteiger partial charge in [-0.3, -0.25) is 9.69 Å². The highest BCUT2D eigenvalue weighted by Crippen LogP contribution is 2.41. The molecule has 2 heterocycles. The highest BCUT2D eigenvalue weighted by atomic mass is 19.1. The molecule has 0 radical (unpaired) electrons. The second kappa shape index (κ2) is 11.6. The van der Waals surface area contributed by atoms with E-state index in [0.29, 0.717) is 23.5 Å². The zero-order valence-corrected chi connectivity index (χ0v) is 22.7. The third kappa shape index (κ3) is 5.56. The van der Waals surface area contributed by atoms with Crippen LogP contribution >= 0.6 is 0 Å². The van der Waals surface area contributed by atoms with Gasteiger partial charge in [-0.25, -0.2) is 18.2 Å². The van der Waals surface area contributed by atoms with Crippen LogP contribution in [0.15, 0.2) is 77.8 Å². The Morgan fingerprint density at radius 1 is 0.875 bits per heavy atom. The summed E-state index contributed by atoms with van der Waals surface area (Å²) in [5.74, 6) is -0.821. The molecule has 5 nitrogen and oxygen atoms in total. The van der Waals surface area contributed by atoms with E-state index in [2.05, 4.69) is 4.90 Å². The lowest BCUT2D eigenvalue weighted by Gasteiger charge is -2.34. The molecule has 0 aromatic heterocycles. The van der Waals surface area contributed by atoms with Crippen molar-refractivity contribution < 1.29 is 23.1 Å². The van der Waals surface area contributed by atoms with E-state index in [0.717, 1.165) is 31.5 Å². The van der Waals surface area contributed by atoms with Crippen LogP contribution in [-0.2, 0) is 10.3 Å². The van der Waals surface area contributed by atoms with E-state index in [-0.39, 0.29) is 30.1 Å². The molecule has 1 amide bonds. The number of piperidine rings is 1. The number of carbonyl (C=O) groups is 1. The highest BCUT2D eigenvalue weighted by Gasteiger charge is 2.51. The average Bonchev–Trinajstić information content (AvgIpc) is 3.23. The van der Waals surface area contributed by atoms with Gasteiger partial charge in [0.05, 0.1) is 12.6 Å². The van der Waals surface area contributed by atoms with Crippen molar-refractivity contribution in [1.29, 1.82) is 0 Å². The number of aliphatic hydroxyl groups is 1. The van der Waals surface area contributed by atoms with Crippen LogP contribution < -0.4 is 0 Å². The minimum atomic E-state index is -1.51. The molecule has 1 unspecified atom stereocenters. The molecule has 210 valence electrons. The minimum absolute atomic E-state index is 0.0454. The number of nitrogens with zero attached hydrogens (tertiary/aromatic N) is 3. The lowest BCUT2D eigenvalue weighted by molar-refractivity contribution is -0.131. The molecule has 1 atom stereocenters. The fourth-order valence-electron chi connectivity index (χ4n) is 5.90. The van der Waals surface area contributed by atoms with Gasteiger partial charge in [0.2, 0.25) is 0 Å². The molecule has 8 heteroatoms. The van der Waals surface area contributed by atoms with Crippen molar-refractivity contribution in [3.05, 3.63) is 107 Å². The Balaban J connectivity index is 1.34. The fraction of sp³-hybridized carbons (Fsp3) is 0.375. The van der Waals surface area contributed by atoms with Gasteiger partial charge in [-0.05, 0) is 84.9 Å². The Kier molecular flexibility index (Phi) is 8.10. The molecule has 3 aromatic rings. The monoisotopic (exact) mass is 549 g/mol. The Morgan fingerprint density at radius 3 is 1.98 bits per heavy atom. The van der Waals surface area contributed by atoms with Crippen molar-refractivity contribution in [3.8, 4) is 0 Å². The first-order valence-corrected chi connectivity index (χ1v) is 13.8. The summed E-state index contributed by atoms with van der Waals surface area (Å²) < 4.78 is 41.3. The number of carbonyl (C=O) groups excluding carboxylic acids is 1. The number of hydrogen-bond donors (Lipinski definition) is 1. The van der Waals surface area contributed by atoms with Crippen LogP contribution in [0, 0.1) is 23.4 Å². The molecule has 2 aliphatic rings. The maximum Gasteiger partial charge on any atom is 0.265 e. The second-order valence-electron chi connectivity index (χ2n) is 11.0. The van der Waals surface area contributed by atoms with Crippen molar-refractivity contribution in [2.45, 2.75) is 44.2 Å². The molecule has 5 rings (SSSR count). The van der Waals surface area contributed by atoms with Gasteiger partial charge in [-0.2, -0.15) is 0 Å². The predicted octanol–water partition coefficient (Wildman–Crippen LogP) is 5.48. The maximum absolute atomic E-state index is 14.2.